The number of aliphatic hydroxyl groups is 2. The fraction of sp³-hybridized carbons (Fsp3) is 0.500. The maximum Gasteiger partial charge on any atom is 0.409 e. The molecule has 6 atom stereocenters. The van der Waals surface area contributed by atoms with E-state index >= 15 is 0 Å². The van der Waals surface area contributed by atoms with E-state index in [1.54, 1.807) is 29.2 Å². The first-order valence-corrected chi connectivity index (χ1v) is 16.5. The van der Waals surface area contributed by atoms with E-state index in [0.717, 1.165) is 31.2 Å². The Hall–Kier alpha value is -4.49. The van der Waals surface area contributed by atoms with Crippen molar-refractivity contribution < 1.29 is 29.6 Å². The number of fused-ring (bicyclic) bond motifs is 2. The molecule has 2 aromatic rings. The highest BCUT2D eigenvalue weighted by Crippen LogP contribution is 2.43. The number of likely N-dealkylation sites (tertiary alicyclic amines) is 2. The van der Waals surface area contributed by atoms with Crippen LogP contribution in [0.25, 0.3) is 0 Å². The van der Waals surface area contributed by atoms with Gasteiger partial charge in [-0.3, -0.25) is 0 Å². The summed E-state index contributed by atoms with van der Waals surface area (Å²) in [6, 6.07) is 17.0. The molecule has 47 heavy (non-hydrogen) atoms. The molecule has 4 aliphatic rings. The zero-order valence-electron chi connectivity index (χ0n) is 27.1. The van der Waals surface area contributed by atoms with Crippen LogP contribution in [0.15, 0.2) is 48.5 Å². The maximum absolute atomic E-state index is 12.0. The number of ether oxygens (including phenoxy) is 1. The highest BCUT2D eigenvalue weighted by molar-refractivity contribution is 5.68. The van der Waals surface area contributed by atoms with Crippen molar-refractivity contribution in [3.63, 3.8) is 0 Å². The Balaban J connectivity index is 0.000000185. The quantitative estimate of drug-likeness (QED) is 0.374. The van der Waals surface area contributed by atoms with Crippen LogP contribution in [0.4, 0.5) is 9.59 Å². The minimum atomic E-state index is -1.16. The molecule has 9 heteroatoms. The van der Waals surface area contributed by atoms with Crippen LogP contribution in [0.1, 0.15) is 67.7 Å². The summed E-state index contributed by atoms with van der Waals surface area (Å²) in [6.07, 6.45) is 3.78. The lowest BCUT2D eigenvalue weighted by atomic mass is 9.71. The van der Waals surface area contributed by atoms with Crippen LogP contribution in [0.3, 0.4) is 0 Å². The molecule has 246 valence electrons. The summed E-state index contributed by atoms with van der Waals surface area (Å²) >= 11 is 0. The first-order chi connectivity index (χ1) is 22.5. The van der Waals surface area contributed by atoms with Gasteiger partial charge in [-0.1, -0.05) is 47.4 Å². The van der Waals surface area contributed by atoms with Gasteiger partial charge >= 0.3 is 12.2 Å². The lowest BCUT2D eigenvalue weighted by molar-refractivity contribution is -0.00825. The summed E-state index contributed by atoms with van der Waals surface area (Å²) in [5.41, 5.74) is 1.15. The minimum absolute atomic E-state index is 0.00797. The molecular weight excluding hydrogens is 594 g/mol. The third kappa shape index (κ3) is 7.91. The minimum Gasteiger partial charge on any atom is -0.465 e. The molecule has 2 aromatic carbocycles. The van der Waals surface area contributed by atoms with Gasteiger partial charge in [-0.25, -0.2) is 9.59 Å². The molecule has 0 radical (unpaired) electrons. The molecule has 9 nitrogen and oxygen atoms in total. The van der Waals surface area contributed by atoms with Crippen LogP contribution in [-0.2, 0) is 4.74 Å². The number of hydrogen-bond donors (Lipinski definition) is 3. The highest BCUT2D eigenvalue weighted by atomic mass is 16.6. The summed E-state index contributed by atoms with van der Waals surface area (Å²) in [5.74, 6) is 12.5. The topological polar surface area (TPSA) is 134 Å². The van der Waals surface area contributed by atoms with Crippen molar-refractivity contribution in [1.29, 1.82) is 5.26 Å². The summed E-state index contributed by atoms with van der Waals surface area (Å²) in [4.78, 5) is 26.3. The molecule has 6 unspecified atom stereocenters. The summed E-state index contributed by atoms with van der Waals surface area (Å²) in [5, 5.41) is 40.2. The molecule has 2 saturated heterocycles. The number of hydrogen-bond acceptors (Lipinski definition) is 6. The predicted molar refractivity (Wildman–Crippen MR) is 176 cm³/mol. The van der Waals surface area contributed by atoms with E-state index in [2.05, 4.69) is 29.8 Å². The molecule has 0 spiro atoms. The first-order valence-electron chi connectivity index (χ1n) is 16.5. The second-order valence-corrected chi connectivity index (χ2v) is 13.2. The van der Waals surface area contributed by atoms with Gasteiger partial charge in [-0.15, -0.1) is 0 Å². The second-order valence-electron chi connectivity index (χ2n) is 13.2. The first kappa shape index (κ1) is 33.9. The Bertz CT molecular complexity index is 1630. The molecule has 0 aromatic heterocycles. The zero-order chi connectivity index (χ0) is 33.6. The average Bonchev–Trinajstić information content (AvgIpc) is 3.72. The molecule has 2 saturated carbocycles. The van der Waals surface area contributed by atoms with Crippen LogP contribution in [0.2, 0.25) is 0 Å². The van der Waals surface area contributed by atoms with Gasteiger partial charge in [0.1, 0.15) is 11.2 Å². The molecule has 0 bridgehead atoms. The Morgan fingerprint density at radius 3 is 1.98 bits per heavy atom. The van der Waals surface area contributed by atoms with E-state index in [1.807, 2.05) is 38.1 Å². The molecule has 2 heterocycles. The Morgan fingerprint density at radius 2 is 1.40 bits per heavy atom. The number of nitriles is 1. The van der Waals surface area contributed by atoms with Gasteiger partial charge in [0.2, 0.25) is 0 Å². The van der Waals surface area contributed by atoms with Gasteiger partial charge in [0.25, 0.3) is 0 Å². The van der Waals surface area contributed by atoms with Crippen molar-refractivity contribution in [3.8, 4) is 29.8 Å². The van der Waals surface area contributed by atoms with Crippen molar-refractivity contribution in [1.82, 2.24) is 9.80 Å². The standard InChI is InChI=1S/C20H25NO3.C18H18N2O3/c1-3-24-19(22)21-13-17-5-4-11-20(23,18(17)14-21)12-10-16-8-6-15(2)7-9-16;19-10-14-4-1-3-13(9-14)6-8-18(23)7-2-5-15-11-20(17(21)22)12-16(15)18/h6-9,17-18,23H,3-5,11,13-14H2,1-2H3;1,3-4,9,15-16,23H,2,5,7,11-12H2,(H,21,22). The Kier molecular flexibility index (Phi) is 10.5. The Labute approximate surface area is 277 Å². The summed E-state index contributed by atoms with van der Waals surface area (Å²) in [6.45, 7) is 6.24. The number of rotatable bonds is 1. The SMILES string of the molecule is CCOC(=O)N1CC2CCCC(O)(C#Cc3ccc(C)cc3)C2C1.N#Cc1cccc(C#CC2(O)CCCC3CN(C(=O)O)CC32)c1. The van der Waals surface area contributed by atoms with Crippen molar-refractivity contribution in [2.24, 2.45) is 23.7 Å². The fourth-order valence-corrected chi connectivity index (χ4v) is 7.54. The van der Waals surface area contributed by atoms with Gasteiger partial charge in [0.15, 0.2) is 0 Å². The number of carbonyl (C=O) groups is 2. The van der Waals surface area contributed by atoms with E-state index < -0.39 is 17.3 Å². The van der Waals surface area contributed by atoms with E-state index in [-0.39, 0.29) is 23.8 Å². The lowest BCUT2D eigenvalue weighted by Crippen LogP contribution is -2.44. The van der Waals surface area contributed by atoms with Gasteiger partial charge in [-0.05, 0) is 94.5 Å². The normalized spacial score (nSPS) is 28.9. The smallest absolute Gasteiger partial charge is 0.409 e. The third-order valence-electron chi connectivity index (χ3n) is 10.1. The van der Waals surface area contributed by atoms with Gasteiger partial charge < -0.3 is 29.9 Å². The average molecular weight is 638 g/mol. The van der Waals surface area contributed by atoms with E-state index in [9.17, 15) is 24.9 Å². The van der Waals surface area contributed by atoms with Gasteiger partial charge in [0, 0.05) is 49.1 Å². The third-order valence-corrected chi connectivity index (χ3v) is 10.1. The van der Waals surface area contributed by atoms with Crippen molar-refractivity contribution in [3.05, 3.63) is 70.8 Å². The lowest BCUT2D eigenvalue weighted by Gasteiger charge is -2.37. The molecular formula is C38H43N3O6. The number of amides is 2. The summed E-state index contributed by atoms with van der Waals surface area (Å²) < 4.78 is 5.11. The number of aryl methyl sites for hydroxylation is 1. The van der Waals surface area contributed by atoms with E-state index in [0.29, 0.717) is 62.7 Å². The van der Waals surface area contributed by atoms with Crippen LogP contribution in [0.5, 0.6) is 0 Å². The van der Waals surface area contributed by atoms with Crippen molar-refractivity contribution in [2.75, 3.05) is 32.8 Å². The van der Waals surface area contributed by atoms with Crippen molar-refractivity contribution >= 4 is 12.2 Å². The number of carbonyl (C=O) groups excluding carboxylic acids is 1. The molecule has 4 fully saturated rings. The van der Waals surface area contributed by atoms with Crippen LogP contribution < -0.4 is 0 Å². The molecule has 2 aliphatic heterocycles. The molecule has 3 N–H and O–H groups in total. The molecule has 2 aliphatic carbocycles. The van der Waals surface area contributed by atoms with E-state index in [1.165, 1.54) is 10.5 Å². The Morgan fingerprint density at radius 1 is 0.851 bits per heavy atom. The predicted octanol–water partition coefficient (Wildman–Crippen LogP) is 5.02. The second kappa shape index (κ2) is 14.5. The zero-order valence-corrected chi connectivity index (χ0v) is 27.1. The van der Waals surface area contributed by atoms with Crippen LogP contribution in [0, 0.1) is 65.6 Å². The van der Waals surface area contributed by atoms with Crippen LogP contribution >= 0.6 is 0 Å². The van der Waals surface area contributed by atoms with Gasteiger partial charge in [0.05, 0.1) is 18.2 Å². The van der Waals surface area contributed by atoms with Gasteiger partial charge in [-0.2, -0.15) is 5.26 Å². The number of benzene rings is 2. The molecule has 2 amide bonds. The fourth-order valence-electron chi connectivity index (χ4n) is 7.54. The maximum atomic E-state index is 12.0. The largest absolute Gasteiger partial charge is 0.465 e. The van der Waals surface area contributed by atoms with E-state index in [4.69, 9.17) is 10.00 Å². The summed E-state index contributed by atoms with van der Waals surface area (Å²) in [7, 11) is 0. The highest BCUT2D eigenvalue weighted by Gasteiger charge is 2.50. The number of carboxylic acid groups (broad SMARTS) is 1. The molecule has 6 rings (SSSR count). The number of nitrogens with zero attached hydrogens (tertiary/aromatic N) is 3. The van der Waals surface area contributed by atoms with Crippen LogP contribution in [-0.4, -0.2) is 81.3 Å². The monoisotopic (exact) mass is 637 g/mol. The van der Waals surface area contributed by atoms with Crippen molar-refractivity contribution in [2.45, 2.75) is 63.6 Å².